The van der Waals surface area contributed by atoms with E-state index in [0.717, 1.165) is 0 Å². The summed E-state index contributed by atoms with van der Waals surface area (Å²) in [7, 11) is -2.17. The third-order valence-electron chi connectivity index (χ3n) is 6.73. The van der Waals surface area contributed by atoms with Crippen LogP contribution in [0.3, 0.4) is 0 Å². The number of fused-ring (bicyclic) bond motifs is 1. The highest BCUT2D eigenvalue weighted by molar-refractivity contribution is 6.74. The average Bonchev–Trinajstić information content (AvgIpc) is 3.31. The second kappa shape index (κ2) is 11.2. The second-order valence-electron chi connectivity index (χ2n) is 9.78. The molecular weight excluding hydrogens is 440 g/mol. The molecule has 11 heteroatoms. The van der Waals surface area contributed by atoms with Crippen molar-refractivity contribution in [3.05, 3.63) is 12.7 Å². The molecular formula is C22H42N6O4Si. The van der Waals surface area contributed by atoms with Crippen LogP contribution in [-0.2, 0) is 9.16 Å². The first-order valence-corrected chi connectivity index (χ1v) is 14.6. The minimum Gasteiger partial charge on any atom is -0.408 e. The molecule has 0 aliphatic carbocycles. The Balaban J connectivity index is 0.000000479. The van der Waals surface area contributed by atoms with Crippen molar-refractivity contribution in [2.75, 3.05) is 32.0 Å². The van der Waals surface area contributed by atoms with Gasteiger partial charge in [0.25, 0.3) is 0 Å². The predicted octanol–water partition coefficient (Wildman–Crippen LogP) is 2.40. The van der Waals surface area contributed by atoms with E-state index in [9.17, 15) is 10.2 Å². The zero-order valence-corrected chi connectivity index (χ0v) is 22.3. The normalized spacial score (nSPS) is 23.7. The molecule has 3 heterocycles. The molecule has 0 unspecified atom stereocenters. The Kier molecular flexibility index (Phi) is 9.37. The number of aliphatic hydroxyl groups is 2. The molecule has 4 N–H and O–H groups in total. The molecule has 1 aliphatic rings. The van der Waals surface area contributed by atoms with Gasteiger partial charge >= 0.3 is 0 Å². The minimum absolute atomic E-state index is 0.0335. The molecule has 33 heavy (non-hydrogen) atoms. The fraction of sp³-hybridized carbons (Fsp3) is 0.773. The summed E-state index contributed by atoms with van der Waals surface area (Å²) in [6, 6.07) is 0. The van der Waals surface area contributed by atoms with E-state index in [1.807, 2.05) is 0 Å². The SMILES string of the molecule is CC(C)(C)[Si](C)(C)O[C@H]1[C@@H](O)[C@H](n2cnc3c(N)ncnc32)O[C@@H]1CO.CCN(CC)CC. The van der Waals surface area contributed by atoms with Crippen LogP contribution in [0.2, 0.25) is 18.1 Å². The van der Waals surface area contributed by atoms with Gasteiger partial charge < -0.3 is 30.0 Å². The number of nitrogen functional groups attached to an aromatic ring is 1. The van der Waals surface area contributed by atoms with E-state index in [1.54, 1.807) is 4.57 Å². The Labute approximate surface area is 198 Å². The smallest absolute Gasteiger partial charge is 0.192 e. The highest BCUT2D eigenvalue weighted by atomic mass is 28.4. The van der Waals surface area contributed by atoms with Crippen LogP contribution in [0.5, 0.6) is 0 Å². The van der Waals surface area contributed by atoms with Crippen molar-refractivity contribution in [2.45, 2.75) is 84.2 Å². The number of aromatic nitrogens is 4. The third-order valence-corrected chi connectivity index (χ3v) is 11.2. The molecule has 2 aromatic heterocycles. The van der Waals surface area contributed by atoms with Gasteiger partial charge in [-0.15, -0.1) is 0 Å². The maximum absolute atomic E-state index is 10.9. The summed E-state index contributed by atoms with van der Waals surface area (Å²) in [5.74, 6) is 0.258. The van der Waals surface area contributed by atoms with Crippen LogP contribution in [0, 0.1) is 0 Å². The first kappa shape index (κ1) is 27.6. The fourth-order valence-corrected chi connectivity index (χ4v) is 4.81. The Bertz CT molecular complexity index is 878. The number of ether oxygens (including phenoxy) is 1. The van der Waals surface area contributed by atoms with Gasteiger partial charge in [0.2, 0.25) is 0 Å². The van der Waals surface area contributed by atoms with Crippen LogP contribution in [0.1, 0.15) is 47.8 Å². The summed E-state index contributed by atoms with van der Waals surface area (Å²) in [6.07, 6.45) is -0.184. The summed E-state index contributed by atoms with van der Waals surface area (Å²) < 4.78 is 13.9. The summed E-state index contributed by atoms with van der Waals surface area (Å²) in [5, 5.41) is 20.6. The van der Waals surface area contributed by atoms with Gasteiger partial charge in [-0.2, -0.15) is 0 Å². The summed E-state index contributed by atoms with van der Waals surface area (Å²) in [4.78, 5) is 14.7. The number of nitrogens with two attached hydrogens (primary N) is 1. The van der Waals surface area contributed by atoms with Crippen LogP contribution in [0.4, 0.5) is 5.82 Å². The van der Waals surface area contributed by atoms with Crippen LogP contribution >= 0.6 is 0 Å². The third kappa shape index (κ3) is 6.09. The Hall–Kier alpha value is -1.63. The lowest BCUT2D eigenvalue weighted by atomic mass is 10.1. The van der Waals surface area contributed by atoms with Crippen molar-refractivity contribution in [1.82, 2.24) is 24.4 Å². The largest absolute Gasteiger partial charge is 0.408 e. The molecule has 0 aromatic carbocycles. The fourth-order valence-electron chi connectivity index (χ4n) is 3.49. The second-order valence-corrected chi connectivity index (χ2v) is 14.5. The van der Waals surface area contributed by atoms with E-state index in [4.69, 9.17) is 14.9 Å². The van der Waals surface area contributed by atoms with Gasteiger partial charge in [-0.05, 0) is 37.8 Å². The van der Waals surface area contributed by atoms with Crippen molar-refractivity contribution in [3.63, 3.8) is 0 Å². The van der Waals surface area contributed by atoms with Crippen molar-refractivity contribution in [1.29, 1.82) is 0 Å². The molecule has 4 atom stereocenters. The molecule has 188 valence electrons. The highest BCUT2D eigenvalue weighted by Crippen LogP contribution is 2.41. The predicted molar refractivity (Wildman–Crippen MR) is 132 cm³/mol. The van der Waals surface area contributed by atoms with E-state index in [0.29, 0.717) is 11.2 Å². The average molecular weight is 483 g/mol. The number of hydrogen-bond acceptors (Lipinski definition) is 9. The van der Waals surface area contributed by atoms with Crippen LogP contribution in [0.25, 0.3) is 11.2 Å². The standard InChI is InChI=1S/C16H27N5O4Si.C6H15N/c1-16(2,3)26(4,5)25-12-9(6-22)24-15(11(12)23)21-8-20-10-13(17)18-7-19-14(10)21;1-4-7(5-2)6-3/h7-9,11-12,15,22-23H,6H2,1-5H3,(H2,17,18,19);4-6H2,1-3H3/t9-,11-,12-,15-;/m1./s1. The lowest BCUT2D eigenvalue weighted by Crippen LogP contribution is -2.49. The molecule has 1 fully saturated rings. The number of nitrogens with zero attached hydrogens (tertiary/aromatic N) is 5. The monoisotopic (exact) mass is 482 g/mol. The van der Waals surface area contributed by atoms with E-state index in [2.05, 4.69) is 74.5 Å². The summed E-state index contributed by atoms with van der Waals surface area (Å²) in [6.45, 7) is 20.4. The Morgan fingerprint density at radius 2 is 1.76 bits per heavy atom. The number of aliphatic hydroxyl groups excluding tert-OH is 2. The Morgan fingerprint density at radius 3 is 2.24 bits per heavy atom. The van der Waals surface area contributed by atoms with Gasteiger partial charge in [-0.3, -0.25) is 4.57 Å². The van der Waals surface area contributed by atoms with E-state index < -0.39 is 32.9 Å². The van der Waals surface area contributed by atoms with Gasteiger partial charge in [-0.25, -0.2) is 15.0 Å². The van der Waals surface area contributed by atoms with Crippen molar-refractivity contribution in [3.8, 4) is 0 Å². The van der Waals surface area contributed by atoms with Gasteiger partial charge in [0, 0.05) is 0 Å². The lowest BCUT2D eigenvalue weighted by Gasteiger charge is -2.39. The number of rotatable bonds is 7. The van der Waals surface area contributed by atoms with Gasteiger partial charge in [0.1, 0.15) is 30.2 Å². The van der Waals surface area contributed by atoms with Crippen LogP contribution in [-0.4, -0.2) is 87.5 Å². The summed E-state index contributed by atoms with van der Waals surface area (Å²) in [5.41, 5.74) is 6.73. The molecule has 0 spiro atoms. The summed E-state index contributed by atoms with van der Waals surface area (Å²) >= 11 is 0. The van der Waals surface area contributed by atoms with E-state index in [-0.39, 0.29) is 17.5 Å². The quantitative estimate of drug-likeness (QED) is 0.509. The van der Waals surface area contributed by atoms with Crippen molar-refractivity contribution >= 4 is 25.3 Å². The molecule has 1 saturated heterocycles. The van der Waals surface area contributed by atoms with Crippen LogP contribution < -0.4 is 5.73 Å². The topological polar surface area (TPSA) is 132 Å². The molecule has 0 bridgehead atoms. The molecule has 0 amide bonds. The van der Waals surface area contributed by atoms with E-state index >= 15 is 0 Å². The minimum atomic E-state index is -2.17. The number of anilines is 1. The van der Waals surface area contributed by atoms with Gasteiger partial charge in [0.15, 0.2) is 26.0 Å². The van der Waals surface area contributed by atoms with Gasteiger partial charge in [-0.1, -0.05) is 41.5 Å². The van der Waals surface area contributed by atoms with Gasteiger partial charge in [0.05, 0.1) is 12.9 Å². The first-order chi connectivity index (χ1) is 15.4. The van der Waals surface area contributed by atoms with E-state index in [1.165, 1.54) is 32.3 Å². The van der Waals surface area contributed by atoms with Crippen molar-refractivity contribution in [2.24, 2.45) is 0 Å². The Morgan fingerprint density at radius 1 is 1.15 bits per heavy atom. The lowest BCUT2D eigenvalue weighted by molar-refractivity contribution is -0.0506. The maximum atomic E-state index is 10.9. The zero-order chi connectivity index (χ0) is 25.0. The zero-order valence-electron chi connectivity index (χ0n) is 21.3. The number of hydrogen-bond donors (Lipinski definition) is 3. The molecule has 3 rings (SSSR count). The molecule has 0 radical (unpaired) electrons. The molecule has 1 aliphatic heterocycles. The molecule has 0 saturated carbocycles. The first-order valence-electron chi connectivity index (χ1n) is 11.7. The number of imidazole rings is 1. The van der Waals surface area contributed by atoms with Crippen molar-refractivity contribution < 1.29 is 19.4 Å². The van der Waals surface area contributed by atoms with Crippen LogP contribution in [0.15, 0.2) is 12.7 Å². The molecule has 10 nitrogen and oxygen atoms in total. The molecule has 2 aromatic rings. The maximum Gasteiger partial charge on any atom is 0.192 e. The highest BCUT2D eigenvalue weighted by Gasteiger charge is 2.50.